The summed E-state index contributed by atoms with van der Waals surface area (Å²) in [6, 6.07) is 0.403. The topological polar surface area (TPSA) is 54.3 Å². The molecule has 2 saturated heterocycles. The molecule has 3 rings (SSSR count). The summed E-state index contributed by atoms with van der Waals surface area (Å²) in [5.41, 5.74) is 0. The lowest BCUT2D eigenvalue weighted by atomic mass is 9.95. The van der Waals surface area contributed by atoms with Gasteiger partial charge >= 0.3 is 0 Å². The molecule has 0 atom stereocenters. The van der Waals surface area contributed by atoms with Crippen LogP contribution in [0.2, 0.25) is 0 Å². The molecule has 0 aliphatic carbocycles. The summed E-state index contributed by atoms with van der Waals surface area (Å²) >= 11 is 0. The van der Waals surface area contributed by atoms with E-state index in [0.29, 0.717) is 24.4 Å². The third kappa shape index (κ3) is 3.32. The molecule has 2 aliphatic rings. The van der Waals surface area contributed by atoms with Crippen LogP contribution < -0.4 is 0 Å². The van der Waals surface area contributed by atoms with Gasteiger partial charge in [0, 0.05) is 25.0 Å². The Labute approximate surface area is 132 Å². The Kier molecular flexibility index (Phi) is 4.76. The average molecular weight is 305 g/mol. The third-order valence-corrected chi connectivity index (χ3v) is 4.93. The predicted molar refractivity (Wildman–Crippen MR) is 84.6 cm³/mol. The van der Waals surface area contributed by atoms with Crippen molar-refractivity contribution < 1.29 is 4.79 Å². The first-order chi connectivity index (χ1) is 10.6. The van der Waals surface area contributed by atoms with Gasteiger partial charge in [-0.3, -0.25) is 9.69 Å². The Balaban J connectivity index is 1.52. The maximum Gasteiger partial charge on any atom is 0.236 e. The number of rotatable bonds is 4. The summed E-state index contributed by atoms with van der Waals surface area (Å²) in [6.45, 7) is 8.78. The summed E-state index contributed by atoms with van der Waals surface area (Å²) in [5.74, 6) is 1.89. The molecule has 6 heteroatoms. The number of amides is 1. The van der Waals surface area contributed by atoms with Crippen molar-refractivity contribution in [2.45, 2.75) is 51.5 Å². The molecule has 1 aromatic heterocycles. The average Bonchev–Trinajstić information content (AvgIpc) is 3.19. The first kappa shape index (κ1) is 15.5. The van der Waals surface area contributed by atoms with E-state index in [0.717, 1.165) is 44.8 Å². The van der Waals surface area contributed by atoms with Crippen LogP contribution in [0.4, 0.5) is 0 Å². The van der Waals surface area contributed by atoms with Gasteiger partial charge in [-0.15, -0.1) is 10.2 Å². The van der Waals surface area contributed by atoms with Crippen molar-refractivity contribution in [2.24, 2.45) is 0 Å². The molecule has 2 aliphatic heterocycles. The maximum atomic E-state index is 12.2. The zero-order valence-corrected chi connectivity index (χ0v) is 13.7. The third-order valence-electron chi connectivity index (χ3n) is 4.93. The molecule has 22 heavy (non-hydrogen) atoms. The molecule has 0 spiro atoms. The molecule has 0 aromatic carbocycles. The van der Waals surface area contributed by atoms with E-state index in [1.54, 1.807) is 0 Å². The van der Waals surface area contributed by atoms with E-state index in [-0.39, 0.29) is 0 Å². The van der Waals surface area contributed by atoms with E-state index in [9.17, 15) is 4.79 Å². The van der Waals surface area contributed by atoms with Crippen LogP contribution in [0.15, 0.2) is 6.33 Å². The van der Waals surface area contributed by atoms with Crippen molar-refractivity contribution in [2.75, 3.05) is 32.7 Å². The molecular weight excluding hydrogens is 278 g/mol. The summed E-state index contributed by atoms with van der Waals surface area (Å²) < 4.78 is 2.18. The highest BCUT2D eigenvalue weighted by molar-refractivity contribution is 5.78. The van der Waals surface area contributed by atoms with Gasteiger partial charge in [0.25, 0.3) is 0 Å². The number of nitrogens with zero attached hydrogens (tertiary/aromatic N) is 5. The molecule has 3 heterocycles. The number of hydrogen-bond donors (Lipinski definition) is 0. The molecule has 0 bridgehead atoms. The van der Waals surface area contributed by atoms with Crippen LogP contribution in [0.5, 0.6) is 0 Å². The number of carbonyl (C=O) groups is 1. The number of aromatic nitrogens is 3. The van der Waals surface area contributed by atoms with Crippen LogP contribution in [0.3, 0.4) is 0 Å². The highest BCUT2D eigenvalue weighted by Gasteiger charge is 2.27. The quantitative estimate of drug-likeness (QED) is 0.849. The van der Waals surface area contributed by atoms with Crippen LogP contribution in [0.1, 0.15) is 57.3 Å². The molecule has 0 N–H and O–H groups in total. The van der Waals surface area contributed by atoms with Crippen molar-refractivity contribution in [3.63, 3.8) is 0 Å². The SMILES string of the molecule is CC(C)n1cnnc1C1CCN(CC(=O)N2CCCC2)CC1. The molecule has 0 unspecified atom stereocenters. The smallest absolute Gasteiger partial charge is 0.236 e. The Morgan fingerprint density at radius 2 is 1.91 bits per heavy atom. The molecule has 6 nitrogen and oxygen atoms in total. The zero-order chi connectivity index (χ0) is 15.5. The largest absolute Gasteiger partial charge is 0.342 e. The summed E-state index contributed by atoms with van der Waals surface area (Å²) in [5, 5.41) is 8.41. The van der Waals surface area contributed by atoms with Gasteiger partial charge < -0.3 is 9.47 Å². The van der Waals surface area contributed by atoms with Crippen LogP contribution in [-0.2, 0) is 4.79 Å². The Morgan fingerprint density at radius 3 is 2.55 bits per heavy atom. The number of piperidine rings is 1. The van der Waals surface area contributed by atoms with Crippen molar-refractivity contribution in [1.82, 2.24) is 24.6 Å². The lowest BCUT2D eigenvalue weighted by molar-refractivity contribution is -0.131. The fraction of sp³-hybridized carbons (Fsp3) is 0.812. The molecule has 1 amide bonds. The van der Waals surface area contributed by atoms with Gasteiger partial charge in [-0.2, -0.15) is 0 Å². The van der Waals surface area contributed by atoms with Crippen LogP contribution in [-0.4, -0.2) is 63.2 Å². The van der Waals surface area contributed by atoms with Crippen molar-refractivity contribution >= 4 is 5.91 Å². The molecule has 122 valence electrons. The van der Waals surface area contributed by atoms with Crippen molar-refractivity contribution in [3.8, 4) is 0 Å². The van der Waals surface area contributed by atoms with E-state index in [2.05, 4.69) is 33.5 Å². The minimum atomic E-state index is 0.307. The van der Waals surface area contributed by atoms with Gasteiger partial charge in [-0.05, 0) is 52.6 Å². The fourth-order valence-corrected chi connectivity index (χ4v) is 3.55. The normalized spacial score (nSPS) is 21.0. The molecule has 0 radical (unpaired) electrons. The minimum Gasteiger partial charge on any atom is -0.342 e. The summed E-state index contributed by atoms with van der Waals surface area (Å²) in [6.07, 6.45) is 6.30. The van der Waals surface area contributed by atoms with Gasteiger partial charge in [0.05, 0.1) is 6.54 Å². The summed E-state index contributed by atoms with van der Waals surface area (Å²) in [4.78, 5) is 16.5. The minimum absolute atomic E-state index is 0.307. The second-order valence-electron chi connectivity index (χ2n) is 6.83. The monoisotopic (exact) mass is 305 g/mol. The van der Waals surface area contributed by atoms with Crippen molar-refractivity contribution in [1.29, 1.82) is 0 Å². The Bertz CT molecular complexity index is 498. The number of carbonyl (C=O) groups excluding carboxylic acids is 1. The maximum absolute atomic E-state index is 12.2. The van der Waals surface area contributed by atoms with Gasteiger partial charge in [0.15, 0.2) is 0 Å². The first-order valence-electron chi connectivity index (χ1n) is 8.54. The van der Waals surface area contributed by atoms with E-state index < -0.39 is 0 Å². The van der Waals surface area contributed by atoms with E-state index in [1.165, 1.54) is 12.8 Å². The Morgan fingerprint density at radius 1 is 1.23 bits per heavy atom. The van der Waals surface area contributed by atoms with Gasteiger partial charge in [0.2, 0.25) is 5.91 Å². The van der Waals surface area contributed by atoms with Crippen molar-refractivity contribution in [3.05, 3.63) is 12.2 Å². The fourth-order valence-electron chi connectivity index (χ4n) is 3.55. The number of likely N-dealkylation sites (tertiary alicyclic amines) is 2. The standard InChI is InChI=1S/C16H27N5O/c1-13(2)21-12-17-18-16(21)14-5-9-19(10-6-14)11-15(22)20-7-3-4-8-20/h12-14H,3-11H2,1-2H3. The number of hydrogen-bond acceptors (Lipinski definition) is 4. The molecule has 2 fully saturated rings. The lowest BCUT2D eigenvalue weighted by Gasteiger charge is -2.32. The van der Waals surface area contributed by atoms with Crippen LogP contribution >= 0.6 is 0 Å². The lowest BCUT2D eigenvalue weighted by Crippen LogP contribution is -2.42. The van der Waals surface area contributed by atoms with Crippen LogP contribution in [0, 0.1) is 0 Å². The summed E-state index contributed by atoms with van der Waals surface area (Å²) in [7, 11) is 0. The van der Waals surface area contributed by atoms with Crippen LogP contribution in [0.25, 0.3) is 0 Å². The predicted octanol–water partition coefficient (Wildman–Crippen LogP) is 1.66. The molecule has 0 saturated carbocycles. The second-order valence-corrected chi connectivity index (χ2v) is 6.83. The van der Waals surface area contributed by atoms with E-state index >= 15 is 0 Å². The van der Waals surface area contributed by atoms with Gasteiger partial charge in [0.1, 0.15) is 12.2 Å². The molecule has 1 aromatic rings. The highest BCUT2D eigenvalue weighted by atomic mass is 16.2. The first-order valence-corrected chi connectivity index (χ1v) is 8.54. The van der Waals surface area contributed by atoms with E-state index in [1.807, 2.05) is 11.2 Å². The highest BCUT2D eigenvalue weighted by Crippen LogP contribution is 2.28. The molecular formula is C16H27N5O. The Hall–Kier alpha value is -1.43. The second kappa shape index (κ2) is 6.77. The van der Waals surface area contributed by atoms with Gasteiger partial charge in [-0.1, -0.05) is 0 Å². The zero-order valence-electron chi connectivity index (χ0n) is 13.7. The van der Waals surface area contributed by atoms with E-state index in [4.69, 9.17) is 0 Å². The van der Waals surface area contributed by atoms with Gasteiger partial charge in [-0.25, -0.2) is 0 Å².